The highest BCUT2D eigenvalue weighted by atomic mass is 16.5. The second-order valence-electron chi connectivity index (χ2n) is 5.81. The van der Waals surface area contributed by atoms with Crippen molar-refractivity contribution in [2.45, 2.75) is 32.6 Å². The Morgan fingerprint density at radius 2 is 1.95 bits per heavy atom. The Morgan fingerprint density at radius 3 is 2.53 bits per heavy atom. The van der Waals surface area contributed by atoms with Crippen LogP contribution in [0.25, 0.3) is 0 Å². The molecule has 19 heavy (non-hydrogen) atoms. The van der Waals surface area contributed by atoms with E-state index in [-0.39, 0.29) is 30.1 Å². The van der Waals surface area contributed by atoms with E-state index < -0.39 is 5.97 Å². The second-order valence-corrected chi connectivity index (χ2v) is 5.81. The van der Waals surface area contributed by atoms with Crippen LogP contribution in [0.5, 0.6) is 0 Å². The highest BCUT2D eigenvalue weighted by molar-refractivity contribution is 5.79. The molecule has 1 amide bonds. The summed E-state index contributed by atoms with van der Waals surface area (Å²) in [4.78, 5) is 25.0. The molecule has 0 radical (unpaired) electrons. The first-order valence-electron chi connectivity index (χ1n) is 7.16. The molecule has 2 rings (SSSR count). The Kier molecular flexibility index (Phi) is 4.80. The minimum atomic E-state index is -0.733. The van der Waals surface area contributed by atoms with Crippen LogP contribution in [0.2, 0.25) is 0 Å². The number of carboxylic acid groups (broad SMARTS) is 1. The fourth-order valence-corrected chi connectivity index (χ4v) is 3.09. The number of nitrogens with zero attached hydrogens (tertiary/aromatic N) is 1. The molecule has 0 aromatic heterocycles. The summed E-state index contributed by atoms with van der Waals surface area (Å²) in [5, 5.41) is 8.78. The highest BCUT2D eigenvalue weighted by Gasteiger charge is 2.33. The third kappa shape index (κ3) is 3.69. The largest absolute Gasteiger partial charge is 0.481 e. The standard InChI is InChI=1S/C14H23NO4/c1-10-9-19-7-4-12(10)14(18)15-5-2-11(3-6-15)8-13(16)17/h10-12H,2-9H2,1H3,(H,16,17). The molecule has 0 aliphatic carbocycles. The minimum Gasteiger partial charge on any atom is -0.481 e. The lowest BCUT2D eigenvalue weighted by Crippen LogP contribution is -2.45. The summed E-state index contributed by atoms with van der Waals surface area (Å²) in [6, 6.07) is 0. The van der Waals surface area contributed by atoms with Gasteiger partial charge in [0.25, 0.3) is 0 Å². The van der Waals surface area contributed by atoms with Crippen molar-refractivity contribution in [3.63, 3.8) is 0 Å². The zero-order valence-corrected chi connectivity index (χ0v) is 11.5. The number of rotatable bonds is 3. The van der Waals surface area contributed by atoms with E-state index in [1.165, 1.54) is 0 Å². The summed E-state index contributed by atoms with van der Waals surface area (Å²) in [6.07, 6.45) is 2.68. The summed E-state index contributed by atoms with van der Waals surface area (Å²) in [6.45, 7) is 4.84. The third-order valence-electron chi connectivity index (χ3n) is 4.35. The number of carboxylic acids is 1. The number of piperidine rings is 1. The van der Waals surface area contributed by atoms with Crippen molar-refractivity contribution in [1.29, 1.82) is 0 Å². The second kappa shape index (κ2) is 6.37. The van der Waals surface area contributed by atoms with E-state index in [1.54, 1.807) is 0 Å². The first kappa shape index (κ1) is 14.3. The van der Waals surface area contributed by atoms with Gasteiger partial charge in [-0.25, -0.2) is 0 Å². The molecule has 2 atom stereocenters. The summed E-state index contributed by atoms with van der Waals surface area (Å²) in [5.41, 5.74) is 0. The SMILES string of the molecule is CC1COCCC1C(=O)N1CCC(CC(=O)O)CC1. The van der Waals surface area contributed by atoms with Gasteiger partial charge in [-0.3, -0.25) is 9.59 Å². The molecule has 2 fully saturated rings. The van der Waals surface area contributed by atoms with Crippen molar-refractivity contribution < 1.29 is 19.4 Å². The molecule has 2 aliphatic rings. The molecule has 108 valence electrons. The van der Waals surface area contributed by atoms with Gasteiger partial charge in [-0.15, -0.1) is 0 Å². The number of amides is 1. The lowest BCUT2D eigenvalue weighted by molar-refractivity contribution is -0.143. The van der Waals surface area contributed by atoms with Gasteiger partial charge >= 0.3 is 5.97 Å². The molecule has 2 unspecified atom stereocenters. The van der Waals surface area contributed by atoms with Crippen molar-refractivity contribution in [2.24, 2.45) is 17.8 Å². The van der Waals surface area contributed by atoms with Gasteiger partial charge < -0.3 is 14.7 Å². The topological polar surface area (TPSA) is 66.8 Å². The maximum atomic E-state index is 12.4. The van der Waals surface area contributed by atoms with Crippen molar-refractivity contribution in [2.75, 3.05) is 26.3 Å². The van der Waals surface area contributed by atoms with Gasteiger partial charge in [0.1, 0.15) is 0 Å². The van der Waals surface area contributed by atoms with E-state index in [0.29, 0.717) is 26.3 Å². The lowest BCUT2D eigenvalue weighted by Gasteiger charge is -2.36. The molecule has 0 saturated carbocycles. The van der Waals surface area contributed by atoms with E-state index in [4.69, 9.17) is 9.84 Å². The summed E-state index contributed by atoms with van der Waals surface area (Å²) in [5.74, 6) is 0.115. The van der Waals surface area contributed by atoms with Gasteiger partial charge in [-0.05, 0) is 31.1 Å². The molecule has 0 bridgehead atoms. The van der Waals surface area contributed by atoms with Crippen molar-refractivity contribution in [3.05, 3.63) is 0 Å². The number of aliphatic carboxylic acids is 1. The third-order valence-corrected chi connectivity index (χ3v) is 4.35. The molecule has 0 spiro atoms. The molecule has 1 N–H and O–H groups in total. The Morgan fingerprint density at radius 1 is 1.26 bits per heavy atom. The summed E-state index contributed by atoms with van der Waals surface area (Å²) >= 11 is 0. The minimum absolute atomic E-state index is 0.0878. The van der Waals surface area contributed by atoms with Crippen molar-refractivity contribution >= 4 is 11.9 Å². The molecule has 5 heteroatoms. The van der Waals surface area contributed by atoms with E-state index in [0.717, 1.165) is 19.3 Å². The van der Waals surface area contributed by atoms with E-state index in [9.17, 15) is 9.59 Å². The van der Waals surface area contributed by atoms with Crippen LogP contribution in [0.15, 0.2) is 0 Å². The van der Waals surface area contributed by atoms with Crippen LogP contribution in [-0.4, -0.2) is 48.2 Å². The van der Waals surface area contributed by atoms with Crippen LogP contribution in [0.3, 0.4) is 0 Å². The van der Waals surface area contributed by atoms with Gasteiger partial charge in [0.2, 0.25) is 5.91 Å². The number of hydrogen-bond acceptors (Lipinski definition) is 3. The summed E-state index contributed by atoms with van der Waals surface area (Å²) in [7, 11) is 0. The number of hydrogen-bond donors (Lipinski definition) is 1. The van der Waals surface area contributed by atoms with Crippen LogP contribution in [0.4, 0.5) is 0 Å². The van der Waals surface area contributed by atoms with E-state index in [2.05, 4.69) is 6.92 Å². The van der Waals surface area contributed by atoms with Gasteiger partial charge in [-0.1, -0.05) is 6.92 Å². The summed E-state index contributed by atoms with van der Waals surface area (Å²) < 4.78 is 5.37. The molecule has 0 aromatic carbocycles. The fraction of sp³-hybridized carbons (Fsp3) is 0.857. The van der Waals surface area contributed by atoms with Crippen molar-refractivity contribution in [1.82, 2.24) is 4.90 Å². The maximum absolute atomic E-state index is 12.4. The fourth-order valence-electron chi connectivity index (χ4n) is 3.09. The Hall–Kier alpha value is -1.10. The van der Waals surface area contributed by atoms with Crippen molar-refractivity contribution in [3.8, 4) is 0 Å². The Bertz CT molecular complexity index is 336. The zero-order chi connectivity index (χ0) is 13.8. The molecular formula is C14H23NO4. The molecule has 2 saturated heterocycles. The van der Waals surface area contributed by atoms with Crippen LogP contribution in [0.1, 0.15) is 32.6 Å². The van der Waals surface area contributed by atoms with E-state index >= 15 is 0 Å². The Balaban J connectivity index is 1.83. The molecular weight excluding hydrogens is 246 g/mol. The molecule has 2 heterocycles. The number of carbonyl (C=O) groups excluding carboxylic acids is 1. The molecule has 2 aliphatic heterocycles. The first-order chi connectivity index (χ1) is 9.08. The lowest BCUT2D eigenvalue weighted by atomic mass is 9.87. The highest BCUT2D eigenvalue weighted by Crippen LogP contribution is 2.27. The predicted molar refractivity (Wildman–Crippen MR) is 69.6 cm³/mol. The van der Waals surface area contributed by atoms with Gasteiger partial charge in [-0.2, -0.15) is 0 Å². The van der Waals surface area contributed by atoms with Gasteiger partial charge in [0.05, 0.1) is 0 Å². The monoisotopic (exact) mass is 269 g/mol. The molecule has 0 aromatic rings. The normalized spacial score (nSPS) is 29.2. The maximum Gasteiger partial charge on any atom is 0.303 e. The smallest absolute Gasteiger partial charge is 0.303 e. The van der Waals surface area contributed by atoms with E-state index in [1.807, 2.05) is 4.90 Å². The quantitative estimate of drug-likeness (QED) is 0.840. The average Bonchev–Trinajstić information content (AvgIpc) is 2.39. The van der Waals surface area contributed by atoms with Crippen LogP contribution in [0, 0.1) is 17.8 Å². The number of carbonyl (C=O) groups is 2. The predicted octanol–water partition coefficient (Wildman–Crippen LogP) is 1.37. The van der Waals surface area contributed by atoms with Crippen LogP contribution in [-0.2, 0) is 14.3 Å². The number of ether oxygens (including phenoxy) is 1. The van der Waals surface area contributed by atoms with Crippen LogP contribution < -0.4 is 0 Å². The van der Waals surface area contributed by atoms with Gasteiger partial charge in [0, 0.05) is 38.6 Å². The number of likely N-dealkylation sites (tertiary alicyclic amines) is 1. The van der Waals surface area contributed by atoms with Gasteiger partial charge in [0.15, 0.2) is 0 Å². The first-order valence-corrected chi connectivity index (χ1v) is 7.16. The molecule has 5 nitrogen and oxygen atoms in total. The zero-order valence-electron chi connectivity index (χ0n) is 11.5. The average molecular weight is 269 g/mol. The van der Waals surface area contributed by atoms with Crippen LogP contribution >= 0.6 is 0 Å². The Labute approximate surface area is 113 Å².